The van der Waals surface area contributed by atoms with Crippen molar-refractivity contribution < 1.29 is 19.0 Å². The summed E-state index contributed by atoms with van der Waals surface area (Å²) in [5.41, 5.74) is -1.00. The van der Waals surface area contributed by atoms with E-state index in [2.05, 4.69) is 15.9 Å². The number of hydrogen-bond acceptors (Lipinski definition) is 2. The van der Waals surface area contributed by atoms with Gasteiger partial charge < -0.3 is 9.84 Å². The zero-order chi connectivity index (χ0) is 12.3. The normalized spacial score (nSPS) is 11.2. The maximum Gasteiger partial charge on any atom is 0.312 e. The highest BCUT2D eigenvalue weighted by atomic mass is 79.9. The van der Waals surface area contributed by atoms with Gasteiger partial charge in [-0.1, -0.05) is 15.9 Å². The van der Waals surface area contributed by atoms with Gasteiger partial charge in [0.05, 0.1) is 5.41 Å². The van der Waals surface area contributed by atoms with Gasteiger partial charge in [0.1, 0.15) is 18.2 Å². The van der Waals surface area contributed by atoms with E-state index in [9.17, 15) is 9.18 Å². The van der Waals surface area contributed by atoms with Crippen LogP contribution in [0.1, 0.15) is 13.8 Å². The Hall–Kier alpha value is -1.10. The molecule has 0 atom stereocenters. The van der Waals surface area contributed by atoms with Gasteiger partial charge in [-0.2, -0.15) is 0 Å². The van der Waals surface area contributed by atoms with Crippen LogP contribution in [-0.2, 0) is 4.79 Å². The van der Waals surface area contributed by atoms with Crippen LogP contribution >= 0.6 is 15.9 Å². The van der Waals surface area contributed by atoms with Crippen molar-refractivity contribution >= 4 is 21.9 Å². The van der Waals surface area contributed by atoms with Crippen LogP contribution in [0.3, 0.4) is 0 Å². The Kier molecular flexibility index (Phi) is 3.91. The average Bonchev–Trinajstić information content (AvgIpc) is 2.13. The molecule has 0 saturated carbocycles. The summed E-state index contributed by atoms with van der Waals surface area (Å²) < 4.78 is 18.8. The number of halogens is 2. The highest BCUT2D eigenvalue weighted by Gasteiger charge is 2.28. The first-order chi connectivity index (χ1) is 7.31. The summed E-state index contributed by atoms with van der Waals surface area (Å²) >= 11 is 3.13. The lowest BCUT2D eigenvalue weighted by Crippen LogP contribution is -2.30. The Balaban J connectivity index is 2.71. The highest BCUT2D eigenvalue weighted by molar-refractivity contribution is 9.10. The number of carbonyl (C=O) groups is 1. The van der Waals surface area contributed by atoms with E-state index in [1.807, 2.05) is 0 Å². The third kappa shape index (κ3) is 3.48. The van der Waals surface area contributed by atoms with Crippen LogP contribution in [0.25, 0.3) is 0 Å². The van der Waals surface area contributed by atoms with E-state index < -0.39 is 17.2 Å². The number of carboxylic acid groups (broad SMARTS) is 1. The summed E-state index contributed by atoms with van der Waals surface area (Å²) in [4.78, 5) is 10.8. The maximum absolute atomic E-state index is 13.0. The predicted molar refractivity (Wildman–Crippen MR) is 61.0 cm³/mol. The minimum Gasteiger partial charge on any atom is -0.492 e. The van der Waals surface area contributed by atoms with Gasteiger partial charge in [-0.05, 0) is 26.0 Å². The van der Waals surface area contributed by atoms with E-state index in [4.69, 9.17) is 9.84 Å². The Labute approximate surface area is 101 Å². The average molecular weight is 291 g/mol. The summed E-state index contributed by atoms with van der Waals surface area (Å²) in [5, 5.41) is 8.87. The van der Waals surface area contributed by atoms with Crippen molar-refractivity contribution in [3.8, 4) is 5.75 Å². The van der Waals surface area contributed by atoms with E-state index in [-0.39, 0.29) is 6.61 Å². The lowest BCUT2D eigenvalue weighted by molar-refractivity contribution is -0.148. The molecule has 0 amide bonds. The summed E-state index contributed by atoms with van der Waals surface area (Å²) in [7, 11) is 0. The number of aliphatic carboxylic acids is 1. The van der Waals surface area contributed by atoms with Gasteiger partial charge in [-0.3, -0.25) is 4.79 Å². The molecule has 0 saturated heterocycles. The number of benzene rings is 1. The molecule has 16 heavy (non-hydrogen) atoms. The summed E-state index contributed by atoms with van der Waals surface area (Å²) in [6.07, 6.45) is 0. The molecule has 0 aromatic heterocycles. The first-order valence-electron chi connectivity index (χ1n) is 4.63. The molecule has 0 fully saturated rings. The fourth-order valence-corrected chi connectivity index (χ4v) is 1.38. The molecule has 1 aromatic rings. The van der Waals surface area contributed by atoms with Crippen molar-refractivity contribution in [2.75, 3.05) is 6.61 Å². The van der Waals surface area contributed by atoms with Crippen LogP contribution in [-0.4, -0.2) is 17.7 Å². The van der Waals surface area contributed by atoms with Crippen LogP contribution < -0.4 is 4.74 Å². The van der Waals surface area contributed by atoms with Crippen molar-refractivity contribution in [2.24, 2.45) is 5.41 Å². The van der Waals surface area contributed by atoms with Crippen LogP contribution in [0, 0.1) is 11.2 Å². The van der Waals surface area contributed by atoms with Crippen molar-refractivity contribution in [1.29, 1.82) is 0 Å². The van der Waals surface area contributed by atoms with Crippen LogP contribution in [0.15, 0.2) is 22.7 Å². The van der Waals surface area contributed by atoms with Crippen LogP contribution in [0.5, 0.6) is 5.75 Å². The number of hydrogen-bond donors (Lipinski definition) is 1. The molecule has 0 aliphatic rings. The van der Waals surface area contributed by atoms with Gasteiger partial charge in [-0.25, -0.2) is 4.39 Å². The predicted octanol–water partition coefficient (Wildman–Crippen LogP) is 3.08. The lowest BCUT2D eigenvalue weighted by atomic mass is 9.95. The Morgan fingerprint density at radius 3 is 2.62 bits per heavy atom. The maximum atomic E-state index is 13.0. The van der Waals surface area contributed by atoms with Gasteiger partial charge >= 0.3 is 5.97 Å². The molecule has 1 aromatic carbocycles. The Morgan fingerprint density at radius 2 is 2.12 bits per heavy atom. The number of ether oxygens (including phenoxy) is 1. The van der Waals surface area contributed by atoms with Crippen molar-refractivity contribution in [2.45, 2.75) is 13.8 Å². The second kappa shape index (κ2) is 4.82. The second-order valence-corrected chi connectivity index (χ2v) is 5.00. The standard InChI is InChI=1S/C11H12BrFO3/c1-11(2,10(14)15)6-16-9-4-7(12)3-8(13)5-9/h3-5H,6H2,1-2H3,(H,14,15). The minimum absolute atomic E-state index is 0.0156. The molecule has 0 spiro atoms. The summed E-state index contributed by atoms with van der Waals surface area (Å²) in [5.74, 6) is -1.08. The van der Waals surface area contributed by atoms with E-state index in [1.165, 1.54) is 12.1 Å². The van der Waals surface area contributed by atoms with E-state index in [0.29, 0.717) is 10.2 Å². The van der Waals surface area contributed by atoms with Gasteiger partial charge in [0.15, 0.2) is 0 Å². The molecule has 5 heteroatoms. The van der Waals surface area contributed by atoms with Gasteiger partial charge in [0.25, 0.3) is 0 Å². The second-order valence-electron chi connectivity index (χ2n) is 4.08. The molecule has 0 heterocycles. The molecule has 1 N–H and O–H groups in total. The third-order valence-electron chi connectivity index (χ3n) is 2.01. The number of carboxylic acids is 1. The van der Waals surface area contributed by atoms with Gasteiger partial charge in [0, 0.05) is 10.5 Å². The molecular formula is C11H12BrFO3. The van der Waals surface area contributed by atoms with Crippen molar-refractivity contribution in [3.05, 3.63) is 28.5 Å². The topological polar surface area (TPSA) is 46.5 Å². The molecule has 0 radical (unpaired) electrons. The molecule has 0 bridgehead atoms. The van der Waals surface area contributed by atoms with Crippen molar-refractivity contribution in [1.82, 2.24) is 0 Å². The Morgan fingerprint density at radius 1 is 1.50 bits per heavy atom. The van der Waals surface area contributed by atoms with E-state index in [0.717, 1.165) is 0 Å². The zero-order valence-electron chi connectivity index (χ0n) is 8.96. The molecule has 1 rings (SSSR count). The third-order valence-corrected chi connectivity index (χ3v) is 2.47. The number of rotatable bonds is 4. The van der Waals surface area contributed by atoms with Gasteiger partial charge in [-0.15, -0.1) is 0 Å². The van der Waals surface area contributed by atoms with E-state index >= 15 is 0 Å². The largest absolute Gasteiger partial charge is 0.492 e. The molecule has 0 aliphatic heterocycles. The fraction of sp³-hybridized carbons (Fsp3) is 0.364. The lowest BCUT2D eigenvalue weighted by Gasteiger charge is -2.19. The minimum atomic E-state index is -1.00. The quantitative estimate of drug-likeness (QED) is 0.927. The molecule has 0 unspecified atom stereocenters. The highest BCUT2D eigenvalue weighted by Crippen LogP contribution is 2.23. The molecule has 0 aliphatic carbocycles. The monoisotopic (exact) mass is 290 g/mol. The van der Waals surface area contributed by atoms with Crippen LogP contribution in [0.4, 0.5) is 4.39 Å². The first kappa shape index (κ1) is 13.0. The van der Waals surface area contributed by atoms with Crippen LogP contribution in [0.2, 0.25) is 0 Å². The fourth-order valence-electron chi connectivity index (χ4n) is 0.937. The molecule has 88 valence electrons. The van der Waals surface area contributed by atoms with Gasteiger partial charge in [0.2, 0.25) is 0 Å². The summed E-state index contributed by atoms with van der Waals surface area (Å²) in [6, 6.07) is 4.10. The smallest absolute Gasteiger partial charge is 0.312 e. The summed E-state index contributed by atoms with van der Waals surface area (Å²) in [6.45, 7) is 3.07. The van der Waals surface area contributed by atoms with Crippen molar-refractivity contribution in [3.63, 3.8) is 0 Å². The SMILES string of the molecule is CC(C)(COc1cc(F)cc(Br)c1)C(=O)O. The molecular weight excluding hydrogens is 279 g/mol. The zero-order valence-corrected chi connectivity index (χ0v) is 10.5. The molecule has 3 nitrogen and oxygen atoms in total. The Bertz CT molecular complexity index is 384. The first-order valence-corrected chi connectivity index (χ1v) is 5.43. The van der Waals surface area contributed by atoms with E-state index in [1.54, 1.807) is 19.9 Å².